The van der Waals surface area contributed by atoms with E-state index < -0.39 is 0 Å². The van der Waals surface area contributed by atoms with Crippen molar-refractivity contribution >= 4 is 22.5 Å². The molecule has 0 saturated heterocycles. The highest BCUT2D eigenvalue weighted by molar-refractivity contribution is 5.97. The molecule has 2 heterocycles. The topological polar surface area (TPSA) is 85.8 Å². The quantitative estimate of drug-likeness (QED) is 0.769. The van der Waals surface area contributed by atoms with Gasteiger partial charge in [0.2, 0.25) is 11.8 Å². The Hall–Kier alpha value is -2.37. The van der Waals surface area contributed by atoms with Crippen LogP contribution in [-0.4, -0.2) is 27.4 Å². The number of aromatic amines is 1. The second-order valence-corrected chi connectivity index (χ2v) is 4.73. The molecule has 0 radical (unpaired) electrons. The number of hydrogen-bond acceptors (Lipinski definition) is 4. The summed E-state index contributed by atoms with van der Waals surface area (Å²) in [4.78, 5) is 26.7. The number of H-pyrrole nitrogens is 1. The van der Waals surface area contributed by atoms with Gasteiger partial charge in [-0.2, -0.15) is 0 Å². The number of carbonyl (C=O) groups excluding carboxylic acids is 1. The molecule has 1 aliphatic rings. The van der Waals surface area contributed by atoms with Crippen LogP contribution < -0.4 is 0 Å². The van der Waals surface area contributed by atoms with Crippen molar-refractivity contribution in [1.29, 1.82) is 0 Å². The molecule has 0 atom stereocenters. The van der Waals surface area contributed by atoms with E-state index in [0.29, 0.717) is 24.9 Å². The average Bonchev–Trinajstić information content (AvgIpc) is 2.73. The molecular weight excluding hydrogens is 246 g/mol. The lowest BCUT2D eigenvalue weighted by molar-refractivity contribution is -0.129. The standard InChI is InChI=1S/C13H13N3O3/c1-7(17)16-5-4-9-8(6-16)2-3-10-11(9)14-13(18)12(10)15-19/h2-3,14,18H,4-6H2,1H3. The average molecular weight is 259 g/mol. The number of fused-ring (bicyclic) bond motifs is 3. The van der Waals surface area contributed by atoms with Crippen LogP contribution in [0, 0.1) is 4.91 Å². The smallest absolute Gasteiger partial charge is 0.219 e. The Balaban J connectivity index is 2.16. The molecule has 2 aromatic rings. The molecule has 98 valence electrons. The van der Waals surface area contributed by atoms with Crippen LogP contribution in [0.4, 0.5) is 5.69 Å². The molecule has 1 aromatic carbocycles. The molecule has 1 aliphatic heterocycles. The Kier molecular flexibility index (Phi) is 2.51. The minimum absolute atomic E-state index is 0.0480. The van der Waals surface area contributed by atoms with Gasteiger partial charge in [0.05, 0.1) is 5.52 Å². The van der Waals surface area contributed by atoms with Crippen molar-refractivity contribution in [3.8, 4) is 5.88 Å². The van der Waals surface area contributed by atoms with Crippen LogP contribution in [0.1, 0.15) is 18.1 Å². The zero-order chi connectivity index (χ0) is 13.6. The summed E-state index contributed by atoms with van der Waals surface area (Å²) in [5.41, 5.74) is 2.87. The van der Waals surface area contributed by atoms with Crippen molar-refractivity contribution in [2.75, 3.05) is 6.54 Å². The number of benzene rings is 1. The van der Waals surface area contributed by atoms with Crippen LogP contribution in [0.5, 0.6) is 5.88 Å². The van der Waals surface area contributed by atoms with Gasteiger partial charge in [-0.3, -0.25) is 4.79 Å². The lowest BCUT2D eigenvalue weighted by atomic mass is 9.97. The molecule has 0 unspecified atom stereocenters. The van der Waals surface area contributed by atoms with Gasteiger partial charge in [-0.1, -0.05) is 12.1 Å². The number of aromatic nitrogens is 1. The maximum Gasteiger partial charge on any atom is 0.219 e. The van der Waals surface area contributed by atoms with Crippen LogP contribution in [0.3, 0.4) is 0 Å². The molecule has 1 amide bonds. The van der Waals surface area contributed by atoms with Crippen LogP contribution in [-0.2, 0) is 17.8 Å². The lowest BCUT2D eigenvalue weighted by Crippen LogP contribution is -2.34. The molecule has 0 spiro atoms. The molecule has 0 fully saturated rings. The van der Waals surface area contributed by atoms with E-state index in [-0.39, 0.29) is 17.5 Å². The Morgan fingerprint density at radius 2 is 2.26 bits per heavy atom. The van der Waals surface area contributed by atoms with E-state index in [1.54, 1.807) is 17.9 Å². The first-order valence-corrected chi connectivity index (χ1v) is 6.06. The largest absolute Gasteiger partial charge is 0.493 e. The maximum atomic E-state index is 11.4. The van der Waals surface area contributed by atoms with E-state index in [2.05, 4.69) is 10.2 Å². The highest BCUT2D eigenvalue weighted by Crippen LogP contribution is 2.38. The van der Waals surface area contributed by atoms with Crippen LogP contribution in [0.25, 0.3) is 10.9 Å². The van der Waals surface area contributed by atoms with Gasteiger partial charge in [0.1, 0.15) is 0 Å². The van der Waals surface area contributed by atoms with E-state index >= 15 is 0 Å². The van der Waals surface area contributed by atoms with Crippen molar-refractivity contribution in [3.63, 3.8) is 0 Å². The Bertz CT molecular complexity index is 690. The van der Waals surface area contributed by atoms with Crippen LogP contribution in [0.15, 0.2) is 17.3 Å². The van der Waals surface area contributed by atoms with Crippen LogP contribution >= 0.6 is 0 Å². The molecule has 0 aliphatic carbocycles. The lowest BCUT2D eigenvalue weighted by Gasteiger charge is -2.28. The second-order valence-electron chi connectivity index (χ2n) is 4.73. The fourth-order valence-electron chi connectivity index (χ4n) is 2.66. The van der Waals surface area contributed by atoms with Gasteiger partial charge in [0.25, 0.3) is 0 Å². The number of aromatic hydroxyl groups is 1. The first kappa shape index (κ1) is 11.7. The first-order chi connectivity index (χ1) is 9.11. The Labute approximate surface area is 109 Å². The molecule has 0 bridgehead atoms. The molecule has 3 rings (SSSR count). The zero-order valence-electron chi connectivity index (χ0n) is 10.4. The van der Waals surface area contributed by atoms with E-state index in [4.69, 9.17) is 0 Å². The predicted molar refractivity (Wildman–Crippen MR) is 70.2 cm³/mol. The summed E-state index contributed by atoms with van der Waals surface area (Å²) in [5, 5.41) is 13.1. The van der Waals surface area contributed by atoms with Gasteiger partial charge >= 0.3 is 0 Å². The molecular formula is C13H13N3O3. The minimum Gasteiger partial charge on any atom is -0.493 e. The molecule has 6 nitrogen and oxygen atoms in total. The number of amides is 1. The predicted octanol–water partition coefficient (Wildman–Crippen LogP) is 2.18. The molecule has 1 aromatic heterocycles. The number of hydrogen-bond donors (Lipinski definition) is 2. The minimum atomic E-state index is -0.201. The summed E-state index contributed by atoms with van der Waals surface area (Å²) in [5.74, 6) is -0.150. The molecule has 6 heteroatoms. The van der Waals surface area contributed by atoms with Crippen molar-refractivity contribution in [2.45, 2.75) is 19.9 Å². The van der Waals surface area contributed by atoms with Crippen molar-refractivity contribution < 1.29 is 9.90 Å². The maximum absolute atomic E-state index is 11.4. The summed E-state index contributed by atoms with van der Waals surface area (Å²) >= 11 is 0. The van der Waals surface area contributed by atoms with E-state index in [1.165, 1.54) is 0 Å². The van der Waals surface area contributed by atoms with Crippen molar-refractivity contribution in [3.05, 3.63) is 28.2 Å². The fourth-order valence-corrected chi connectivity index (χ4v) is 2.66. The second kappa shape index (κ2) is 4.08. The number of rotatable bonds is 1. The van der Waals surface area contributed by atoms with E-state index in [1.807, 2.05) is 6.07 Å². The SMILES string of the molecule is CC(=O)N1CCc2c(ccc3c(N=O)c(O)[nH]c23)C1. The van der Waals surface area contributed by atoms with Gasteiger partial charge < -0.3 is 15.0 Å². The summed E-state index contributed by atoms with van der Waals surface area (Å²) < 4.78 is 0. The normalized spacial score (nSPS) is 14.5. The first-order valence-electron chi connectivity index (χ1n) is 6.06. The Morgan fingerprint density at radius 3 is 2.95 bits per heavy atom. The van der Waals surface area contributed by atoms with Gasteiger partial charge in [0.15, 0.2) is 5.69 Å². The Morgan fingerprint density at radius 1 is 1.47 bits per heavy atom. The summed E-state index contributed by atoms with van der Waals surface area (Å²) in [6.07, 6.45) is 0.699. The highest BCUT2D eigenvalue weighted by atomic mass is 16.3. The third kappa shape index (κ3) is 1.68. The van der Waals surface area contributed by atoms with Gasteiger partial charge in [0, 0.05) is 25.4 Å². The third-order valence-electron chi connectivity index (χ3n) is 3.66. The number of nitrogens with one attached hydrogen (secondary N) is 1. The number of carbonyl (C=O) groups is 1. The van der Waals surface area contributed by atoms with Gasteiger partial charge in [-0.25, -0.2) is 0 Å². The van der Waals surface area contributed by atoms with Crippen LogP contribution in [0.2, 0.25) is 0 Å². The summed E-state index contributed by atoms with van der Waals surface area (Å²) in [6, 6.07) is 3.64. The van der Waals surface area contributed by atoms with Crippen molar-refractivity contribution in [1.82, 2.24) is 9.88 Å². The zero-order valence-corrected chi connectivity index (χ0v) is 10.4. The van der Waals surface area contributed by atoms with Gasteiger partial charge in [-0.15, -0.1) is 4.91 Å². The number of nitroso groups, excluding NO2 is 1. The third-order valence-corrected chi connectivity index (χ3v) is 3.66. The molecule has 19 heavy (non-hydrogen) atoms. The van der Waals surface area contributed by atoms with Crippen molar-refractivity contribution in [2.24, 2.45) is 5.18 Å². The van der Waals surface area contributed by atoms with E-state index in [9.17, 15) is 14.8 Å². The van der Waals surface area contributed by atoms with Gasteiger partial charge in [-0.05, 0) is 22.7 Å². The molecule has 0 saturated carbocycles. The molecule has 2 N–H and O–H groups in total. The monoisotopic (exact) mass is 259 g/mol. The summed E-state index contributed by atoms with van der Waals surface area (Å²) in [7, 11) is 0. The summed E-state index contributed by atoms with van der Waals surface area (Å²) in [6.45, 7) is 2.76. The number of nitrogens with zero attached hydrogens (tertiary/aromatic N) is 2. The fraction of sp³-hybridized carbons (Fsp3) is 0.308. The highest BCUT2D eigenvalue weighted by Gasteiger charge is 2.22. The van der Waals surface area contributed by atoms with E-state index in [0.717, 1.165) is 16.6 Å².